The molecular formula is C16H28. The minimum absolute atomic E-state index is 1.04. The highest BCUT2D eigenvalue weighted by Gasteiger charge is 1.88. The van der Waals surface area contributed by atoms with Gasteiger partial charge in [-0.05, 0) is 19.3 Å². The molecule has 0 aromatic rings. The van der Waals surface area contributed by atoms with Gasteiger partial charge in [-0.25, -0.2) is 0 Å². The van der Waals surface area contributed by atoms with Crippen molar-refractivity contribution in [3.05, 3.63) is 37.0 Å². The first-order chi connectivity index (χ1) is 7.91. The normalized spacial score (nSPS) is 11.6. The van der Waals surface area contributed by atoms with Gasteiger partial charge in [-0.2, -0.15) is 0 Å². The molecule has 0 nitrogen and oxygen atoms in total. The minimum Gasteiger partial charge on any atom is -0.0991 e. The van der Waals surface area contributed by atoms with Gasteiger partial charge in [0.1, 0.15) is 0 Å². The zero-order valence-corrected chi connectivity index (χ0v) is 11.0. The van der Waals surface area contributed by atoms with E-state index in [9.17, 15) is 0 Å². The van der Waals surface area contributed by atoms with Gasteiger partial charge in [0.25, 0.3) is 0 Å². The molecule has 0 saturated carbocycles. The van der Waals surface area contributed by atoms with Gasteiger partial charge in [-0.3, -0.25) is 0 Å². The Morgan fingerprint density at radius 3 is 2.19 bits per heavy atom. The van der Waals surface area contributed by atoms with Crippen LogP contribution in [0.3, 0.4) is 0 Å². The Morgan fingerprint density at radius 2 is 1.50 bits per heavy atom. The largest absolute Gasteiger partial charge is 0.0991 e. The second kappa shape index (κ2) is 14.2. The molecule has 0 rings (SSSR count). The summed E-state index contributed by atoms with van der Waals surface area (Å²) in [4.78, 5) is 0. The summed E-state index contributed by atoms with van der Waals surface area (Å²) in [6.45, 7) is 5.91. The van der Waals surface area contributed by atoms with E-state index < -0.39 is 0 Å². The van der Waals surface area contributed by atoms with Crippen molar-refractivity contribution in [3.8, 4) is 0 Å². The van der Waals surface area contributed by atoms with Crippen LogP contribution in [-0.2, 0) is 0 Å². The van der Waals surface area contributed by atoms with Crippen LogP contribution in [0.5, 0.6) is 0 Å². The molecule has 0 unspecified atom stereocenters. The van der Waals surface area contributed by atoms with Crippen molar-refractivity contribution in [3.63, 3.8) is 0 Å². The van der Waals surface area contributed by atoms with Crippen LogP contribution >= 0.6 is 0 Å². The third kappa shape index (κ3) is 13.2. The number of hydrogen-bond donors (Lipinski definition) is 0. The zero-order valence-electron chi connectivity index (χ0n) is 11.0. The quantitative estimate of drug-likeness (QED) is 0.234. The average Bonchev–Trinajstić information content (AvgIpc) is 2.31. The molecule has 0 heteroatoms. The van der Waals surface area contributed by atoms with E-state index >= 15 is 0 Å². The molecule has 16 heavy (non-hydrogen) atoms. The predicted molar refractivity (Wildman–Crippen MR) is 75.7 cm³/mol. The molecule has 0 aliphatic heterocycles. The van der Waals surface area contributed by atoms with Crippen LogP contribution in [0.15, 0.2) is 37.0 Å². The number of allylic oxidation sites excluding steroid dienone is 5. The van der Waals surface area contributed by atoms with Gasteiger partial charge in [0, 0.05) is 0 Å². The van der Waals surface area contributed by atoms with E-state index in [1.807, 2.05) is 12.2 Å². The van der Waals surface area contributed by atoms with E-state index in [1.165, 1.54) is 51.4 Å². The highest BCUT2D eigenvalue weighted by molar-refractivity contribution is 5.00. The Balaban J connectivity index is 3.08. The van der Waals surface area contributed by atoms with Crippen LogP contribution in [0, 0.1) is 0 Å². The maximum absolute atomic E-state index is 3.64. The number of hydrogen-bond acceptors (Lipinski definition) is 0. The predicted octanol–water partition coefficient (Wildman–Crippen LogP) is 5.82. The van der Waals surface area contributed by atoms with Crippen molar-refractivity contribution in [2.24, 2.45) is 0 Å². The van der Waals surface area contributed by atoms with E-state index in [1.54, 1.807) is 0 Å². The lowest BCUT2D eigenvalue weighted by atomic mass is 10.1. The maximum Gasteiger partial charge on any atom is -0.0166 e. The van der Waals surface area contributed by atoms with Gasteiger partial charge in [-0.15, -0.1) is 0 Å². The summed E-state index contributed by atoms with van der Waals surface area (Å²) in [6, 6.07) is 0. The molecule has 0 bridgehead atoms. The molecule has 0 aliphatic carbocycles. The third-order valence-corrected chi connectivity index (χ3v) is 2.69. The molecule has 0 heterocycles. The Labute approximate surface area is 102 Å². The van der Waals surface area contributed by atoms with Gasteiger partial charge < -0.3 is 0 Å². The summed E-state index contributed by atoms with van der Waals surface area (Å²) in [5.41, 5.74) is 0. The zero-order chi connectivity index (χ0) is 11.9. The third-order valence-electron chi connectivity index (χ3n) is 2.69. The molecule has 0 aromatic carbocycles. The van der Waals surface area contributed by atoms with Gasteiger partial charge in [0.15, 0.2) is 0 Å². The lowest BCUT2D eigenvalue weighted by Crippen LogP contribution is -1.78. The highest BCUT2D eigenvalue weighted by Crippen LogP contribution is 2.08. The van der Waals surface area contributed by atoms with Crippen molar-refractivity contribution in [1.29, 1.82) is 0 Å². The molecule has 0 N–H and O–H groups in total. The second-order valence-electron chi connectivity index (χ2n) is 4.28. The lowest BCUT2D eigenvalue weighted by molar-refractivity contribution is 0.592. The minimum atomic E-state index is 1.04. The summed E-state index contributed by atoms with van der Waals surface area (Å²) in [7, 11) is 0. The Hall–Kier alpha value is -0.780. The topological polar surface area (TPSA) is 0 Å². The molecule has 0 aromatic heterocycles. The van der Waals surface area contributed by atoms with Crippen molar-refractivity contribution in [2.45, 2.75) is 64.7 Å². The first kappa shape index (κ1) is 15.2. The smallest absolute Gasteiger partial charge is 0.0166 e. The standard InChI is InChI=1S/C16H28/c1-3-5-7-9-11-13-15-16-14-12-10-8-6-4-2/h3,5,7,11,13H,1,4,6,8-10,12,14-16H2,2H3. The second-order valence-corrected chi connectivity index (χ2v) is 4.28. The lowest BCUT2D eigenvalue weighted by Gasteiger charge is -1.98. The maximum atomic E-state index is 3.64. The van der Waals surface area contributed by atoms with Crippen molar-refractivity contribution in [1.82, 2.24) is 0 Å². The molecule has 92 valence electrons. The molecular weight excluding hydrogens is 192 g/mol. The Kier molecular flexibility index (Phi) is 13.5. The average molecular weight is 220 g/mol. The molecule has 0 saturated heterocycles. The molecule has 0 atom stereocenters. The monoisotopic (exact) mass is 220 g/mol. The fourth-order valence-corrected chi connectivity index (χ4v) is 1.69. The van der Waals surface area contributed by atoms with E-state index in [0.29, 0.717) is 0 Å². The summed E-state index contributed by atoms with van der Waals surface area (Å²) in [5.74, 6) is 0. The van der Waals surface area contributed by atoms with Crippen LogP contribution in [0.1, 0.15) is 64.7 Å². The summed E-state index contributed by atoms with van der Waals surface area (Å²) >= 11 is 0. The summed E-state index contributed by atoms with van der Waals surface area (Å²) < 4.78 is 0. The number of unbranched alkanes of at least 4 members (excludes halogenated alkanes) is 7. The molecule has 0 amide bonds. The van der Waals surface area contributed by atoms with Gasteiger partial charge in [0.05, 0.1) is 0 Å². The first-order valence-corrected chi connectivity index (χ1v) is 6.84. The summed E-state index contributed by atoms with van der Waals surface area (Å²) in [5, 5.41) is 0. The molecule has 0 spiro atoms. The molecule has 0 radical (unpaired) electrons. The SMILES string of the molecule is C=CC=CCC=CCCCCCCCCC. The van der Waals surface area contributed by atoms with Gasteiger partial charge in [0.2, 0.25) is 0 Å². The van der Waals surface area contributed by atoms with Crippen molar-refractivity contribution < 1.29 is 0 Å². The number of rotatable bonds is 11. The summed E-state index contributed by atoms with van der Waals surface area (Å²) in [6.07, 6.45) is 22.6. The van der Waals surface area contributed by atoms with Crippen LogP contribution in [0.2, 0.25) is 0 Å². The first-order valence-electron chi connectivity index (χ1n) is 6.84. The van der Waals surface area contributed by atoms with Crippen LogP contribution in [-0.4, -0.2) is 0 Å². The molecule has 0 aliphatic rings. The van der Waals surface area contributed by atoms with E-state index in [2.05, 4.69) is 31.7 Å². The van der Waals surface area contributed by atoms with E-state index in [-0.39, 0.29) is 0 Å². The highest BCUT2D eigenvalue weighted by atomic mass is 13.9. The fraction of sp³-hybridized carbons (Fsp3) is 0.625. The van der Waals surface area contributed by atoms with Gasteiger partial charge >= 0.3 is 0 Å². The fourth-order valence-electron chi connectivity index (χ4n) is 1.69. The van der Waals surface area contributed by atoms with Crippen LogP contribution in [0.4, 0.5) is 0 Å². The van der Waals surface area contributed by atoms with E-state index in [4.69, 9.17) is 0 Å². The Morgan fingerprint density at radius 1 is 0.812 bits per heavy atom. The molecule has 0 fully saturated rings. The van der Waals surface area contributed by atoms with Crippen molar-refractivity contribution in [2.75, 3.05) is 0 Å². The van der Waals surface area contributed by atoms with Crippen molar-refractivity contribution >= 4 is 0 Å². The van der Waals surface area contributed by atoms with Gasteiger partial charge in [-0.1, -0.05) is 82.4 Å². The van der Waals surface area contributed by atoms with E-state index in [0.717, 1.165) is 6.42 Å². The Bertz CT molecular complexity index is 186. The van der Waals surface area contributed by atoms with Crippen LogP contribution < -0.4 is 0 Å². The van der Waals surface area contributed by atoms with Crippen LogP contribution in [0.25, 0.3) is 0 Å².